The topological polar surface area (TPSA) is 270 Å². The zero-order valence-corrected chi connectivity index (χ0v) is 21.9. The lowest BCUT2D eigenvalue weighted by atomic mass is 9.98. The zero-order chi connectivity index (χ0) is 28.4. The highest BCUT2D eigenvalue weighted by Crippen LogP contribution is 2.40. The van der Waals surface area contributed by atoms with Gasteiger partial charge in [-0.15, -0.1) is 16.4 Å². The fraction of sp³-hybridized carbons (Fsp3) is 0.526. The molecule has 1 aliphatic carbocycles. The number of aromatic nitrogens is 4. The molecular weight excluding hydrogens is 560 g/mol. The molecule has 8 N–H and O–H groups in total. The van der Waals surface area contributed by atoms with Crippen LogP contribution in [-0.4, -0.2) is 96.6 Å². The predicted octanol–water partition coefficient (Wildman–Crippen LogP) is -2.71. The highest BCUT2D eigenvalue weighted by atomic mass is 32.2. The third-order valence-corrected chi connectivity index (χ3v) is 7.54. The molecule has 2 aromatic heterocycles. The number of carboxylic acid groups (broad SMARTS) is 1. The number of carbonyl (C=O) groups is 3. The molecule has 2 amide bonds. The fourth-order valence-corrected chi connectivity index (χ4v) is 5.11. The highest BCUT2D eigenvalue weighted by Gasteiger charge is 2.56. The first-order valence-corrected chi connectivity index (χ1v) is 13.8. The molecular formula is C19H26N10O8S2. The van der Waals surface area contributed by atoms with E-state index in [0.29, 0.717) is 25.3 Å². The molecule has 0 bridgehead atoms. The molecule has 1 saturated heterocycles. The van der Waals surface area contributed by atoms with Gasteiger partial charge >= 0.3 is 16.3 Å². The summed E-state index contributed by atoms with van der Waals surface area (Å²) >= 11 is 0.978. The van der Waals surface area contributed by atoms with Crippen molar-refractivity contribution in [2.24, 2.45) is 10.9 Å². The predicted molar refractivity (Wildman–Crippen MR) is 133 cm³/mol. The number of rotatable bonds is 14. The van der Waals surface area contributed by atoms with Gasteiger partial charge in [0.2, 0.25) is 5.60 Å². The molecule has 1 saturated carbocycles. The summed E-state index contributed by atoms with van der Waals surface area (Å²) in [6.45, 7) is 1.28. The zero-order valence-electron chi connectivity index (χ0n) is 20.3. The molecule has 0 aromatic carbocycles. The molecule has 0 spiro atoms. The van der Waals surface area contributed by atoms with E-state index in [1.165, 1.54) is 16.3 Å². The third kappa shape index (κ3) is 6.30. The van der Waals surface area contributed by atoms with Crippen LogP contribution in [0, 0.1) is 0 Å². The number of hydrogen-bond donors (Lipinski definition) is 6. The number of carbonyl (C=O) groups excluding carboxylic acids is 2. The summed E-state index contributed by atoms with van der Waals surface area (Å²) in [4.78, 5) is 46.4. The monoisotopic (exact) mass is 586 g/mol. The Morgan fingerprint density at radius 3 is 2.69 bits per heavy atom. The van der Waals surface area contributed by atoms with Crippen LogP contribution in [0.25, 0.3) is 0 Å². The molecule has 4 rings (SSSR count). The van der Waals surface area contributed by atoms with E-state index in [0.717, 1.165) is 17.8 Å². The summed E-state index contributed by atoms with van der Waals surface area (Å²) in [6.07, 6.45) is 2.62. The Morgan fingerprint density at radius 1 is 1.36 bits per heavy atom. The normalized spacial score (nSPS) is 20.4. The van der Waals surface area contributed by atoms with Crippen molar-refractivity contribution in [3.8, 4) is 0 Å². The number of thiazole rings is 1. The molecule has 2 aliphatic rings. The first kappa shape index (κ1) is 28.3. The van der Waals surface area contributed by atoms with Crippen LogP contribution in [0.3, 0.4) is 0 Å². The SMILES string of the molecule is NCCCNCc1cn(CC2C(NC(=O)/C(=N\OC3(C(=O)O)CC3)c3csc(N)n3)C(=O)N2S(=O)(=O)O)nn1. The van der Waals surface area contributed by atoms with Gasteiger partial charge in [0.1, 0.15) is 11.7 Å². The van der Waals surface area contributed by atoms with Crippen molar-refractivity contribution in [1.82, 2.24) is 34.9 Å². The number of nitrogens with one attached hydrogen (secondary N) is 2. The van der Waals surface area contributed by atoms with E-state index in [1.807, 2.05) is 0 Å². The van der Waals surface area contributed by atoms with E-state index in [-0.39, 0.29) is 34.5 Å². The van der Waals surface area contributed by atoms with Crippen LogP contribution < -0.4 is 22.1 Å². The molecule has 39 heavy (non-hydrogen) atoms. The van der Waals surface area contributed by atoms with Gasteiger partial charge in [0, 0.05) is 31.0 Å². The lowest BCUT2D eigenvalue weighted by Gasteiger charge is -2.43. The quantitative estimate of drug-likeness (QED) is 0.0432. The first-order chi connectivity index (χ1) is 18.4. The molecule has 2 atom stereocenters. The summed E-state index contributed by atoms with van der Waals surface area (Å²) in [5.41, 5.74) is 9.52. The van der Waals surface area contributed by atoms with Gasteiger partial charge in [-0.05, 0) is 19.5 Å². The number of nitrogens with zero attached hydrogens (tertiary/aromatic N) is 6. The summed E-state index contributed by atoms with van der Waals surface area (Å²) in [5.74, 6) is -3.38. The Balaban J connectivity index is 1.51. The molecule has 2 fully saturated rings. The minimum absolute atomic E-state index is 0.0470. The van der Waals surface area contributed by atoms with Crippen molar-refractivity contribution in [3.05, 3.63) is 23.0 Å². The second kappa shape index (κ2) is 11.2. The summed E-state index contributed by atoms with van der Waals surface area (Å²) in [6, 6.07) is -2.70. The van der Waals surface area contributed by atoms with Gasteiger partial charge in [-0.25, -0.2) is 14.1 Å². The average Bonchev–Trinajstić information content (AvgIpc) is 3.33. The maximum atomic E-state index is 13.2. The molecule has 2 unspecified atom stereocenters. The van der Waals surface area contributed by atoms with Crippen LogP contribution in [0.5, 0.6) is 0 Å². The van der Waals surface area contributed by atoms with E-state index in [9.17, 15) is 32.5 Å². The van der Waals surface area contributed by atoms with Gasteiger partial charge in [0.25, 0.3) is 11.8 Å². The lowest BCUT2D eigenvalue weighted by molar-refractivity contribution is -0.153. The van der Waals surface area contributed by atoms with Crippen LogP contribution in [0.1, 0.15) is 30.7 Å². The average molecular weight is 587 g/mol. The second-order valence-corrected chi connectivity index (χ2v) is 11.0. The Kier molecular flexibility index (Phi) is 8.11. The number of carboxylic acids is 1. The van der Waals surface area contributed by atoms with Gasteiger partial charge in [0.05, 0.1) is 18.3 Å². The lowest BCUT2D eigenvalue weighted by Crippen LogP contribution is -2.73. The maximum Gasteiger partial charge on any atom is 0.362 e. The minimum Gasteiger partial charge on any atom is -0.478 e. The molecule has 2 aromatic rings. The number of nitrogens with two attached hydrogens (primary N) is 2. The first-order valence-electron chi connectivity index (χ1n) is 11.6. The van der Waals surface area contributed by atoms with Crippen LogP contribution in [0.15, 0.2) is 16.7 Å². The van der Waals surface area contributed by atoms with Crippen molar-refractivity contribution in [1.29, 1.82) is 0 Å². The van der Waals surface area contributed by atoms with Gasteiger partial charge in [-0.2, -0.15) is 8.42 Å². The third-order valence-electron chi connectivity index (χ3n) is 5.91. The summed E-state index contributed by atoms with van der Waals surface area (Å²) < 4.78 is 34.8. The van der Waals surface area contributed by atoms with Gasteiger partial charge in [-0.3, -0.25) is 18.8 Å². The van der Waals surface area contributed by atoms with E-state index >= 15 is 0 Å². The van der Waals surface area contributed by atoms with Crippen LogP contribution in [0.4, 0.5) is 5.13 Å². The van der Waals surface area contributed by atoms with Gasteiger partial charge in [-0.1, -0.05) is 10.4 Å². The Morgan fingerprint density at radius 2 is 2.10 bits per heavy atom. The standard InChI is InChI=1S/C19H26N10O8S2/c20-4-1-5-22-6-10-7-28(27-25-10)8-12-14(16(31)29(12)39(34,35)36)24-15(30)13(11-9-38-18(21)23-11)26-37-19(2-3-19)17(32)33/h7,9,12,14,22H,1-6,8,20H2,(H2,21,23)(H,24,30)(H,32,33)(H,34,35,36)/b26-13-. The number of hydrogen-bond acceptors (Lipinski definition) is 14. The minimum atomic E-state index is -4.97. The molecule has 18 nitrogen and oxygen atoms in total. The molecule has 20 heteroatoms. The van der Waals surface area contributed by atoms with E-state index < -0.39 is 51.5 Å². The molecule has 3 heterocycles. The van der Waals surface area contributed by atoms with Crippen LogP contribution in [-0.2, 0) is 42.6 Å². The van der Waals surface area contributed by atoms with Crippen LogP contribution in [0.2, 0.25) is 0 Å². The van der Waals surface area contributed by atoms with E-state index in [4.69, 9.17) is 16.3 Å². The number of anilines is 1. The van der Waals surface area contributed by atoms with Crippen molar-refractivity contribution in [2.75, 3.05) is 18.8 Å². The van der Waals surface area contributed by atoms with Crippen molar-refractivity contribution < 1.29 is 37.3 Å². The van der Waals surface area contributed by atoms with Gasteiger partial charge in [0.15, 0.2) is 10.8 Å². The Bertz CT molecular complexity index is 1390. The van der Waals surface area contributed by atoms with Crippen molar-refractivity contribution >= 4 is 50.3 Å². The number of oxime groups is 1. The van der Waals surface area contributed by atoms with E-state index in [2.05, 4.69) is 31.1 Å². The molecule has 1 aliphatic heterocycles. The molecule has 0 radical (unpaired) electrons. The van der Waals surface area contributed by atoms with Crippen molar-refractivity contribution in [3.63, 3.8) is 0 Å². The highest BCUT2D eigenvalue weighted by molar-refractivity contribution is 7.84. The largest absolute Gasteiger partial charge is 0.478 e. The number of nitrogen functional groups attached to an aromatic ring is 1. The summed E-state index contributed by atoms with van der Waals surface area (Å²) in [5, 5.41) is 27.8. The fourth-order valence-electron chi connectivity index (χ4n) is 3.69. The van der Waals surface area contributed by atoms with E-state index in [1.54, 1.807) is 0 Å². The smallest absolute Gasteiger partial charge is 0.362 e. The summed E-state index contributed by atoms with van der Waals surface area (Å²) in [7, 11) is -4.97. The maximum absolute atomic E-state index is 13.2. The van der Waals surface area contributed by atoms with Crippen LogP contribution >= 0.6 is 11.3 Å². The molecule has 212 valence electrons. The Labute approximate surface area is 225 Å². The Hall–Kier alpha value is -3.72. The number of aliphatic carboxylic acids is 1. The van der Waals surface area contributed by atoms with Gasteiger partial charge < -0.3 is 32.0 Å². The number of amides is 2. The second-order valence-electron chi connectivity index (χ2n) is 8.78. The number of β-lactam (4-membered cyclic amide) rings is 1. The van der Waals surface area contributed by atoms with Crippen molar-refractivity contribution in [2.45, 2.75) is 50.0 Å².